The Balaban J connectivity index is 1.58. The molecule has 32 heavy (non-hydrogen) atoms. The van der Waals surface area contributed by atoms with Crippen LogP contribution < -0.4 is 10.3 Å². The lowest BCUT2D eigenvalue weighted by Crippen LogP contribution is -2.42. The molecule has 0 unspecified atom stereocenters. The van der Waals surface area contributed by atoms with Gasteiger partial charge in [0.1, 0.15) is 17.6 Å². The normalized spacial score (nSPS) is 14.6. The molecule has 2 heterocycles. The van der Waals surface area contributed by atoms with Crippen molar-refractivity contribution in [2.45, 2.75) is 59.2 Å². The number of likely N-dealkylation sites (tertiary alicyclic amines) is 1. The summed E-state index contributed by atoms with van der Waals surface area (Å²) < 4.78 is 12.8. The van der Waals surface area contributed by atoms with Gasteiger partial charge in [0.25, 0.3) is 5.56 Å². The van der Waals surface area contributed by atoms with Crippen molar-refractivity contribution in [1.29, 1.82) is 0 Å². The average molecular weight is 441 g/mol. The van der Waals surface area contributed by atoms with Gasteiger partial charge in [0.2, 0.25) is 0 Å². The van der Waals surface area contributed by atoms with E-state index < -0.39 is 0 Å². The number of Topliss-reactive ketones (excluding diaryl/α,β-unsaturated/α-hetero) is 1. The number of rotatable bonds is 7. The highest BCUT2D eigenvalue weighted by Crippen LogP contribution is 2.19. The zero-order valence-electron chi connectivity index (χ0n) is 19.2. The van der Waals surface area contributed by atoms with E-state index in [1.807, 2.05) is 52.0 Å². The third-order valence-electron chi connectivity index (χ3n) is 5.47. The Hall–Kier alpha value is -3.09. The Morgan fingerprint density at radius 2 is 1.69 bits per heavy atom. The van der Waals surface area contributed by atoms with Crippen molar-refractivity contribution < 1.29 is 19.1 Å². The van der Waals surface area contributed by atoms with Gasteiger partial charge in [-0.05, 0) is 37.6 Å². The van der Waals surface area contributed by atoms with E-state index in [0.29, 0.717) is 38.1 Å². The Morgan fingerprint density at radius 3 is 2.25 bits per heavy atom. The number of hydrogen-bond acceptors (Lipinski definition) is 5. The second-order valence-electron chi connectivity index (χ2n) is 8.77. The summed E-state index contributed by atoms with van der Waals surface area (Å²) in [7, 11) is 0. The minimum absolute atomic E-state index is 0.00550. The van der Waals surface area contributed by atoms with Gasteiger partial charge in [-0.3, -0.25) is 14.2 Å². The number of carbonyl (C=O) groups excluding carboxylic acids is 2. The molecule has 1 aliphatic rings. The number of nitrogens with zero attached hydrogens (tertiary/aromatic N) is 2. The van der Waals surface area contributed by atoms with Crippen LogP contribution in [0.3, 0.4) is 0 Å². The average Bonchev–Trinajstić information content (AvgIpc) is 2.74. The fourth-order valence-electron chi connectivity index (χ4n) is 3.55. The quantitative estimate of drug-likeness (QED) is 0.651. The number of carbonyl (C=O) groups is 2. The monoisotopic (exact) mass is 440 g/mol. The molecule has 7 heteroatoms. The number of amides is 1. The molecule has 1 amide bonds. The molecular weight excluding hydrogens is 408 g/mol. The van der Waals surface area contributed by atoms with Crippen LogP contribution in [0.15, 0.2) is 47.4 Å². The molecule has 0 atom stereocenters. The summed E-state index contributed by atoms with van der Waals surface area (Å²) in [4.78, 5) is 38.2. The standard InChI is InChI=1S/C25H32N2O5/c1-17(2)23(28)15-19-5-7-20(8-6-19)27-14-11-22(16-24(27)29)32-21-9-12-26(13-10-21)25(30)31-18(3)4/h5-8,11,14,16-18,21H,9-10,12-13,15H2,1-4H3. The first-order valence-electron chi connectivity index (χ1n) is 11.2. The van der Waals surface area contributed by atoms with E-state index in [4.69, 9.17) is 9.47 Å². The molecule has 3 rings (SSSR count). The third kappa shape index (κ3) is 6.22. The van der Waals surface area contributed by atoms with Crippen LogP contribution in [0.25, 0.3) is 5.69 Å². The van der Waals surface area contributed by atoms with Gasteiger partial charge < -0.3 is 14.4 Å². The van der Waals surface area contributed by atoms with Crippen molar-refractivity contribution in [1.82, 2.24) is 9.47 Å². The van der Waals surface area contributed by atoms with Crippen LogP contribution in [-0.4, -0.2) is 46.6 Å². The fourth-order valence-corrected chi connectivity index (χ4v) is 3.55. The summed E-state index contributed by atoms with van der Waals surface area (Å²) in [5.74, 6) is 0.721. The highest BCUT2D eigenvalue weighted by atomic mass is 16.6. The Morgan fingerprint density at radius 1 is 1.03 bits per heavy atom. The molecule has 1 fully saturated rings. The van der Waals surface area contributed by atoms with Gasteiger partial charge in [0, 0.05) is 56.2 Å². The molecular formula is C25H32N2O5. The Labute approximate surface area is 188 Å². The summed E-state index contributed by atoms with van der Waals surface area (Å²) >= 11 is 0. The third-order valence-corrected chi connectivity index (χ3v) is 5.47. The molecule has 1 saturated heterocycles. The molecule has 2 aromatic rings. The minimum atomic E-state index is -0.291. The van der Waals surface area contributed by atoms with Crippen molar-refractivity contribution in [3.05, 3.63) is 58.5 Å². The highest BCUT2D eigenvalue weighted by Gasteiger charge is 2.25. The lowest BCUT2D eigenvalue weighted by molar-refractivity contribution is -0.121. The van der Waals surface area contributed by atoms with Crippen molar-refractivity contribution in [3.8, 4) is 11.4 Å². The van der Waals surface area contributed by atoms with Crippen LogP contribution in [0.4, 0.5) is 4.79 Å². The van der Waals surface area contributed by atoms with E-state index in [2.05, 4.69) is 0 Å². The van der Waals surface area contributed by atoms with E-state index in [1.54, 1.807) is 21.7 Å². The first-order chi connectivity index (χ1) is 15.2. The van der Waals surface area contributed by atoms with Crippen molar-refractivity contribution in [3.63, 3.8) is 0 Å². The van der Waals surface area contributed by atoms with Crippen LogP contribution in [0.1, 0.15) is 46.1 Å². The van der Waals surface area contributed by atoms with E-state index in [-0.39, 0.29) is 35.6 Å². The predicted molar refractivity (Wildman–Crippen MR) is 122 cm³/mol. The summed E-state index contributed by atoms with van der Waals surface area (Å²) in [5.41, 5.74) is 1.48. The van der Waals surface area contributed by atoms with Crippen LogP contribution >= 0.6 is 0 Å². The molecule has 0 bridgehead atoms. The van der Waals surface area contributed by atoms with Crippen molar-refractivity contribution in [2.24, 2.45) is 5.92 Å². The smallest absolute Gasteiger partial charge is 0.410 e. The molecule has 1 aromatic heterocycles. The van der Waals surface area contributed by atoms with Gasteiger partial charge in [0.05, 0.1) is 6.10 Å². The summed E-state index contributed by atoms with van der Waals surface area (Å²) in [6.45, 7) is 8.59. The van der Waals surface area contributed by atoms with E-state index in [0.717, 1.165) is 11.3 Å². The zero-order chi connectivity index (χ0) is 23.3. The molecule has 1 aliphatic heterocycles. The predicted octanol–water partition coefficient (Wildman–Crippen LogP) is 3.99. The molecule has 7 nitrogen and oxygen atoms in total. The summed E-state index contributed by atoms with van der Waals surface area (Å²) in [5, 5.41) is 0. The van der Waals surface area contributed by atoms with Crippen molar-refractivity contribution >= 4 is 11.9 Å². The van der Waals surface area contributed by atoms with Gasteiger partial charge in [-0.15, -0.1) is 0 Å². The van der Waals surface area contributed by atoms with E-state index in [9.17, 15) is 14.4 Å². The van der Waals surface area contributed by atoms with Crippen LogP contribution in [-0.2, 0) is 16.0 Å². The number of benzene rings is 1. The lowest BCUT2D eigenvalue weighted by atomic mass is 10.0. The second-order valence-corrected chi connectivity index (χ2v) is 8.77. The lowest BCUT2D eigenvalue weighted by Gasteiger charge is -2.32. The van der Waals surface area contributed by atoms with Gasteiger partial charge in [-0.1, -0.05) is 26.0 Å². The number of pyridine rings is 1. The maximum Gasteiger partial charge on any atom is 0.410 e. The van der Waals surface area contributed by atoms with Gasteiger partial charge >= 0.3 is 6.09 Å². The van der Waals surface area contributed by atoms with Crippen LogP contribution in [0, 0.1) is 5.92 Å². The topological polar surface area (TPSA) is 77.8 Å². The molecule has 0 saturated carbocycles. The second kappa shape index (κ2) is 10.5. The first-order valence-corrected chi connectivity index (χ1v) is 11.2. The van der Waals surface area contributed by atoms with E-state index >= 15 is 0 Å². The first kappa shape index (κ1) is 23.6. The van der Waals surface area contributed by atoms with Gasteiger partial charge in [-0.2, -0.15) is 0 Å². The van der Waals surface area contributed by atoms with Crippen LogP contribution in [0.5, 0.6) is 5.75 Å². The number of ketones is 1. The fraction of sp³-hybridized carbons (Fsp3) is 0.480. The molecule has 172 valence electrons. The SMILES string of the molecule is CC(C)OC(=O)N1CCC(Oc2ccn(-c3ccc(CC(=O)C(C)C)cc3)c(=O)c2)CC1. The number of hydrogen-bond donors (Lipinski definition) is 0. The maximum atomic E-state index is 12.6. The summed E-state index contributed by atoms with van der Waals surface area (Å²) in [6, 6.07) is 10.7. The van der Waals surface area contributed by atoms with Gasteiger partial charge in [0.15, 0.2) is 0 Å². The van der Waals surface area contributed by atoms with E-state index in [1.165, 1.54) is 6.07 Å². The zero-order valence-corrected chi connectivity index (χ0v) is 19.2. The molecule has 1 aromatic carbocycles. The molecule has 0 N–H and O–H groups in total. The van der Waals surface area contributed by atoms with Crippen molar-refractivity contribution in [2.75, 3.05) is 13.1 Å². The Bertz CT molecular complexity index is 986. The minimum Gasteiger partial charge on any atom is -0.490 e. The van der Waals surface area contributed by atoms with Gasteiger partial charge in [-0.25, -0.2) is 4.79 Å². The van der Waals surface area contributed by atoms with Crippen LogP contribution in [0.2, 0.25) is 0 Å². The highest BCUT2D eigenvalue weighted by molar-refractivity contribution is 5.82. The number of ether oxygens (including phenoxy) is 2. The summed E-state index contributed by atoms with van der Waals surface area (Å²) in [6.07, 6.45) is 2.99. The maximum absolute atomic E-state index is 12.6. The molecule has 0 aliphatic carbocycles. The number of aromatic nitrogens is 1. The largest absolute Gasteiger partial charge is 0.490 e. The molecule has 0 radical (unpaired) electrons. The Kier molecular flexibility index (Phi) is 7.72. The molecule has 0 spiro atoms. The number of piperidine rings is 1.